The lowest BCUT2D eigenvalue weighted by Crippen LogP contribution is -2.42. The molecule has 1 saturated heterocycles. The first-order chi connectivity index (χ1) is 10.1. The molecule has 3 rings (SSSR count). The summed E-state index contributed by atoms with van der Waals surface area (Å²) in [4.78, 5) is 0. The smallest absolute Gasteiger partial charge is 0.235 e. The lowest BCUT2D eigenvalue weighted by atomic mass is 10.0. The second kappa shape index (κ2) is 5.97. The highest BCUT2D eigenvalue weighted by molar-refractivity contribution is 7.92. The molecule has 0 bridgehead atoms. The normalized spacial score (nSPS) is 22.9. The minimum atomic E-state index is -3.22. The monoisotopic (exact) mass is 308 g/mol. The number of piperidine rings is 1. The fourth-order valence-electron chi connectivity index (χ4n) is 3.43. The summed E-state index contributed by atoms with van der Waals surface area (Å²) < 4.78 is 27.3. The highest BCUT2D eigenvalue weighted by Crippen LogP contribution is 2.31. The average molecular weight is 308 g/mol. The number of nitrogens with one attached hydrogen (secondary N) is 1. The Kier molecular flexibility index (Phi) is 4.22. The van der Waals surface area contributed by atoms with Crippen LogP contribution in [0.1, 0.15) is 30.4 Å². The molecule has 2 aliphatic heterocycles. The second-order valence-electron chi connectivity index (χ2n) is 6.30. The number of sulfonamides is 1. The first-order valence-corrected chi connectivity index (χ1v) is 9.48. The zero-order valence-corrected chi connectivity index (χ0v) is 13.5. The predicted molar refractivity (Wildman–Crippen MR) is 86.2 cm³/mol. The van der Waals surface area contributed by atoms with Crippen molar-refractivity contribution >= 4 is 15.7 Å². The van der Waals surface area contributed by atoms with E-state index < -0.39 is 10.0 Å². The van der Waals surface area contributed by atoms with Crippen molar-refractivity contribution < 1.29 is 8.42 Å². The maximum atomic E-state index is 12.8. The molecule has 1 aromatic carbocycles. The summed E-state index contributed by atoms with van der Waals surface area (Å²) >= 11 is 0. The zero-order valence-electron chi connectivity index (χ0n) is 12.6. The van der Waals surface area contributed by atoms with Gasteiger partial charge in [0.15, 0.2) is 0 Å². The first kappa shape index (κ1) is 14.9. The van der Waals surface area contributed by atoms with E-state index in [1.54, 1.807) is 4.31 Å². The fraction of sp³-hybridized carbons (Fsp3) is 0.625. The Bertz CT molecular complexity index is 607. The van der Waals surface area contributed by atoms with Crippen molar-refractivity contribution in [3.8, 4) is 0 Å². The molecular formula is C16H24N2O2S. The highest BCUT2D eigenvalue weighted by Gasteiger charge is 2.30. The number of aryl methyl sites for hydroxylation is 2. The van der Waals surface area contributed by atoms with Crippen molar-refractivity contribution in [1.29, 1.82) is 0 Å². The summed E-state index contributed by atoms with van der Waals surface area (Å²) in [6.07, 6.45) is 3.99. The largest absolute Gasteiger partial charge is 0.316 e. The summed E-state index contributed by atoms with van der Waals surface area (Å²) in [5.41, 5.74) is 3.27. The van der Waals surface area contributed by atoms with Gasteiger partial charge in [0, 0.05) is 6.54 Å². The molecule has 0 aromatic heterocycles. The molecule has 0 saturated carbocycles. The molecule has 1 atom stereocenters. The number of nitrogens with zero attached hydrogens (tertiary/aromatic N) is 1. The van der Waals surface area contributed by atoms with Crippen LogP contribution in [0, 0.1) is 12.8 Å². The lowest BCUT2D eigenvalue weighted by Gasteiger charge is -2.33. The van der Waals surface area contributed by atoms with Gasteiger partial charge in [0.1, 0.15) is 0 Å². The van der Waals surface area contributed by atoms with Gasteiger partial charge in [-0.1, -0.05) is 17.7 Å². The van der Waals surface area contributed by atoms with E-state index in [1.807, 2.05) is 12.1 Å². The molecule has 2 aliphatic rings. The van der Waals surface area contributed by atoms with Crippen molar-refractivity contribution in [2.45, 2.75) is 32.6 Å². The Labute approximate surface area is 127 Å². The predicted octanol–water partition coefficient (Wildman–Crippen LogP) is 2.08. The van der Waals surface area contributed by atoms with Crippen LogP contribution in [0.2, 0.25) is 0 Å². The summed E-state index contributed by atoms with van der Waals surface area (Å²) in [7, 11) is -3.22. The van der Waals surface area contributed by atoms with Gasteiger partial charge in [-0.15, -0.1) is 0 Å². The highest BCUT2D eigenvalue weighted by atomic mass is 32.2. The number of benzene rings is 1. The minimum absolute atomic E-state index is 0.250. The third-order valence-corrected chi connectivity index (χ3v) is 6.44. The van der Waals surface area contributed by atoms with Crippen LogP contribution in [0.4, 0.5) is 5.69 Å². The SMILES string of the molecule is Cc1ccc2c(c1)CCCN2S(=O)(=O)CC1CCCNC1. The van der Waals surface area contributed by atoms with Crippen molar-refractivity contribution in [3.63, 3.8) is 0 Å². The number of hydrogen-bond acceptors (Lipinski definition) is 3. The van der Waals surface area contributed by atoms with Gasteiger partial charge in [-0.3, -0.25) is 4.31 Å². The molecule has 0 amide bonds. The van der Waals surface area contributed by atoms with Gasteiger partial charge in [0.2, 0.25) is 10.0 Å². The Morgan fingerprint density at radius 2 is 2.19 bits per heavy atom. The van der Waals surface area contributed by atoms with E-state index in [0.29, 0.717) is 6.54 Å². The molecule has 1 unspecified atom stereocenters. The van der Waals surface area contributed by atoms with E-state index in [2.05, 4.69) is 18.3 Å². The average Bonchev–Trinajstić information content (AvgIpc) is 2.47. The number of anilines is 1. The van der Waals surface area contributed by atoms with Crippen LogP contribution in [0.25, 0.3) is 0 Å². The summed E-state index contributed by atoms with van der Waals surface area (Å²) in [5, 5.41) is 3.30. The summed E-state index contributed by atoms with van der Waals surface area (Å²) in [5.74, 6) is 0.521. The van der Waals surface area contributed by atoms with Crippen molar-refractivity contribution in [2.24, 2.45) is 5.92 Å². The molecule has 21 heavy (non-hydrogen) atoms. The number of fused-ring (bicyclic) bond motifs is 1. The number of rotatable bonds is 3. The van der Waals surface area contributed by atoms with Crippen LogP contribution in [0.3, 0.4) is 0 Å². The van der Waals surface area contributed by atoms with E-state index >= 15 is 0 Å². The third-order valence-electron chi connectivity index (χ3n) is 4.49. The Hall–Kier alpha value is -1.07. The van der Waals surface area contributed by atoms with Gasteiger partial charge in [0.05, 0.1) is 11.4 Å². The molecule has 5 heteroatoms. The van der Waals surface area contributed by atoms with E-state index in [4.69, 9.17) is 0 Å². The van der Waals surface area contributed by atoms with Crippen molar-refractivity contribution in [1.82, 2.24) is 5.32 Å². The van der Waals surface area contributed by atoms with E-state index in [0.717, 1.165) is 44.5 Å². The van der Waals surface area contributed by atoms with Crippen LogP contribution < -0.4 is 9.62 Å². The van der Waals surface area contributed by atoms with Crippen LogP contribution in [-0.4, -0.2) is 33.8 Å². The van der Waals surface area contributed by atoms with Gasteiger partial charge in [-0.2, -0.15) is 0 Å². The fourth-order valence-corrected chi connectivity index (χ4v) is 5.38. The van der Waals surface area contributed by atoms with Crippen LogP contribution >= 0.6 is 0 Å². The lowest BCUT2D eigenvalue weighted by molar-refractivity contribution is 0.403. The van der Waals surface area contributed by atoms with E-state index in [-0.39, 0.29) is 11.7 Å². The minimum Gasteiger partial charge on any atom is -0.316 e. The van der Waals surface area contributed by atoms with Gasteiger partial charge in [-0.25, -0.2) is 8.42 Å². The Balaban J connectivity index is 1.83. The van der Waals surface area contributed by atoms with Crippen LogP contribution in [0.5, 0.6) is 0 Å². The summed E-state index contributed by atoms with van der Waals surface area (Å²) in [6, 6.07) is 6.11. The molecule has 1 N–H and O–H groups in total. The van der Waals surface area contributed by atoms with Gasteiger partial charge in [0.25, 0.3) is 0 Å². The number of hydrogen-bond donors (Lipinski definition) is 1. The second-order valence-corrected chi connectivity index (χ2v) is 8.24. The van der Waals surface area contributed by atoms with Crippen molar-refractivity contribution in [2.75, 3.05) is 29.7 Å². The molecule has 1 aromatic rings. The van der Waals surface area contributed by atoms with Crippen LogP contribution in [0.15, 0.2) is 18.2 Å². The van der Waals surface area contributed by atoms with E-state index in [9.17, 15) is 8.42 Å². The Morgan fingerprint density at radius 3 is 2.95 bits per heavy atom. The van der Waals surface area contributed by atoms with Crippen molar-refractivity contribution in [3.05, 3.63) is 29.3 Å². The quantitative estimate of drug-likeness (QED) is 0.930. The van der Waals surface area contributed by atoms with Crippen LogP contribution in [-0.2, 0) is 16.4 Å². The third kappa shape index (κ3) is 3.24. The molecular weight excluding hydrogens is 284 g/mol. The maximum Gasteiger partial charge on any atom is 0.235 e. The standard InChI is InChI=1S/C16H24N2O2S/c1-13-6-7-16-15(10-13)5-3-9-18(16)21(19,20)12-14-4-2-8-17-11-14/h6-7,10,14,17H,2-5,8-9,11-12H2,1H3. The van der Waals surface area contributed by atoms with Gasteiger partial charge >= 0.3 is 0 Å². The Morgan fingerprint density at radius 1 is 1.33 bits per heavy atom. The topological polar surface area (TPSA) is 49.4 Å². The molecule has 0 aliphatic carbocycles. The van der Waals surface area contributed by atoms with E-state index in [1.165, 1.54) is 11.1 Å². The summed E-state index contributed by atoms with van der Waals surface area (Å²) in [6.45, 7) is 4.52. The molecule has 4 nitrogen and oxygen atoms in total. The molecule has 2 heterocycles. The molecule has 0 spiro atoms. The zero-order chi connectivity index (χ0) is 14.9. The molecule has 116 valence electrons. The molecule has 0 radical (unpaired) electrons. The maximum absolute atomic E-state index is 12.8. The van der Waals surface area contributed by atoms with Gasteiger partial charge in [-0.05, 0) is 63.2 Å². The molecule has 1 fully saturated rings. The van der Waals surface area contributed by atoms with Gasteiger partial charge < -0.3 is 5.32 Å². The first-order valence-electron chi connectivity index (χ1n) is 7.87.